The Hall–Kier alpha value is -1.34. The standard InChI is InChI=1S/C23H44N6O/c1-18(2)21(28-14-12-27(4)13-15-28)16-25-23(24-3)26-20-10-11-29(17-20)22(30)19-8-6-5-7-9-19/h18-21H,5-17H2,1-4H3,(H2,24,25,26). The molecular formula is C23H44N6O. The number of hydrogen-bond donors (Lipinski definition) is 2. The van der Waals surface area contributed by atoms with Crippen molar-refractivity contribution in [1.82, 2.24) is 25.3 Å². The van der Waals surface area contributed by atoms with Crippen molar-refractivity contribution in [2.75, 3.05) is 59.9 Å². The van der Waals surface area contributed by atoms with Crippen LogP contribution in [0.25, 0.3) is 0 Å². The number of piperazine rings is 1. The molecule has 1 amide bonds. The van der Waals surface area contributed by atoms with Crippen LogP contribution in [0.15, 0.2) is 4.99 Å². The summed E-state index contributed by atoms with van der Waals surface area (Å²) in [4.78, 5) is 24.4. The highest BCUT2D eigenvalue weighted by atomic mass is 16.2. The van der Waals surface area contributed by atoms with Gasteiger partial charge in [-0.1, -0.05) is 33.1 Å². The lowest BCUT2D eigenvalue weighted by Gasteiger charge is -2.40. The van der Waals surface area contributed by atoms with Gasteiger partial charge in [0.25, 0.3) is 0 Å². The predicted molar refractivity (Wildman–Crippen MR) is 124 cm³/mol. The minimum Gasteiger partial charge on any atom is -0.355 e. The van der Waals surface area contributed by atoms with Gasteiger partial charge in [-0.15, -0.1) is 0 Å². The minimum absolute atomic E-state index is 0.269. The van der Waals surface area contributed by atoms with E-state index in [4.69, 9.17) is 0 Å². The number of amides is 1. The Balaban J connectivity index is 1.45. The third kappa shape index (κ3) is 6.33. The molecule has 172 valence electrons. The van der Waals surface area contributed by atoms with Crippen molar-refractivity contribution in [2.24, 2.45) is 16.8 Å². The third-order valence-corrected chi connectivity index (χ3v) is 7.27. The molecule has 7 nitrogen and oxygen atoms in total. The summed E-state index contributed by atoms with van der Waals surface area (Å²) < 4.78 is 0. The average Bonchev–Trinajstić information content (AvgIpc) is 3.22. The quantitative estimate of drug-likeness (QED) is 0.505. The number of likely N-dealkylation sites (tertiary alicyclic amines) is 1. The normalized spacial score (nSPS) is 26.2. The Bertz CT molecular complexity index is 566. The molecule has 7 heteroatoms. The molecule has 0 aromatic heterocycles. The Morgan fingerprint density at radius 2 is 1.73 bits per heavy atom. The van der Waals surface area contributed by atoms with Gasteiger partial charge in [0, 0.05) is 70.9 Å². The first kappa shape index (κ1) is 23.3. The highest BCUT2D eigenvalue weighted by Gasteiger charge is 2.32. The molecule has 2 unspecified atom stereocenters. The zero-order chi connectivity index (χ0) is 21.5. The molecule has 2 saturated heterocycles. The van der Waals surface area contributed by atoms with Crippen LogP contribution in [0.2, 0.25) is 0 Å². The molecule has 0 radical (unpaired) electrons. The number of rotatable bonds is 6. The smallest absolute Gasteiger partial charge is 0.225 e. The van der Waals surface area contributed by atoms with Crippen molar-refractivity contribution >= 4 is 11.9 Å². The maximum Gasteiger partial charge on any atom is 0.225 e. The van der Waals surface area contributed by atoms with Crippen LogP contribution in [-0.4, -0.2) is 98.6 Å². The van der Waals surface area contributed by atoms with Crippen molar-refractivity contribution in [3.05, 3.63) is 0 Å². The maximum atomic E-state index is 12.8. The molecule has 1 saturated carbocycles. The van der Waals surface area contributed by atoms with Crippen molar-refractivity contribution < 1.29 is 4.79 Å². The molecule has 0 spiro atoms. The molecule has 1 aliphatic carbocycles. The number of aliphatic imine (C=N–C) groups is 1. The second kappa shape index (κ2) is 11.3. The van der Waals surface area contributed by atoms with E-state index in [0.717, 1.165) is 71.0 Å². The van der Waals surface area contributed by atoms with Gasteiger partial charge < -0.3 is 20.4 Å². The van der Waals surface area contributed by atoms with E-state index >= 15 is 0 Å². The first-order valence-corrected chi connectivity index (χ1v) is 12.2. The molecule has 2 atom stereocenters. The first-order valence-electron chi connectivity index (χ1n) is 12.2. The van der Waals surface area contributed by atoms with Crippen molar-refractivity contribution in [3.8, 4) is 0 Å². The molecule has 0 bridgehead atoms. The van der Waals surface area contributed by atoms with Gasteiger partial charge in [-0.2, -0.15) is 0 Å². The number of hydrogen-bond acceptors (Lipinski definition) is 4. The lowest BCUT2D eigenvalue weighted by atomic mass is 9.88. The Kier molecular flexibility index (Phi) is 8.81. The Morgan fingerprint density at radius 3 is 2.37 bits per heavy atom. The van der Waals surface area contributed by atoms with Gasteiger partial charge >= 0.3 is 0 Å². The van der Waals surface area contributed by atoms with Crippen LogP contribution in [0.4, 0.5) is 0 Å². The molecule has 3 fully saturated rings. The van der Waals surface area contributed by atoms with E-state index in [9.17, 15) is 4.79 Å². The molecule has 3 aliphatic rings. The summed E-state index contributed by atoms with van der Waals surface area (Å²) in [6, 6.07) is 0.801. The number of nitrogens with zero attached hydrogens (tertiary/aromatic N) is 4. The maximum absolute atomic E-state index is 12.8. The van der Waals surface area contributed by atoms with Crippen molar-refractivity contribution in [2.45, 2.75) is 64.5 Å². The monoisotopic (exact) mass is 420 g/mol. The fourth-order valence-corrected chi connectivity index (χ4v) is 5.22. The van der Waals surface area contributed by atoms with Crippen LogP contribution < -0.4 is 10.6 Å². The molecule has 0 aromatic rings. The van der Waals surface area contributed by atoms with Gasteiger partial charge in [-0.05, 0) is 32.2 Å². The lowest BCUT2D eigenvalue weighted by Crippen LogP contribution is -2.55. The van der Waals surface area contributed by atoms with Crippen LogP contribution >= 0.6 is 0 Å². The van der Waals surface area contributed by atoms with E-state index in [-0.39, 0.29) is 5.92 Å². The van der Waals surface area contributed by atoms with E-state index in [1.54, 1.807) is 0 Å². The SMILES string of the molecule is CN=C(NCC(C(C)C)N1CCN(C)CC1)NC1CCN(C(=O)C2CCCCC2)C1. The molecular weight excluding hydrogens is 376 g/mol. The van der Waals surface area contributed by atoms with Gasteiger partial charge in [0.2, 0.25) is 5.91 Å². The number of carbonyl (C=O) groups excluding carboxylic acids is 1. The highest BCUT2D eigenvalue weighted by molar-refractivity contribution is 5.81. The van der Waals surface area contributed by atoms with Crippen LogP contribution in [0.5, 0.6) is 0 Å². The van der Waals surface area contributed by atoms with Crippen LogP contribution in [0.3, 0.4) is 0 Å². The third-order valence-electron chi connectivity index (χ3n) is 7.27. The van der Waals surface area contributed by atoms with Gasteiger partial charge in [0.1, 0.15) is 0 Å². The summed E-state index contributed by atoms with van der Waals surface area (Å²) in [6.45, 7) is 11.8. The summed E-state index contributed by atoms with van der Waals surface area (Å²) in [5.74, 6) is 2.11. The summed E-state index contributed by atoms with van der Waals surface area (Å²) in [5.41, 5.74) is 0. The van der Waals surface area contributed by atoms with Crippen LogP contribution in [0.1, 0.15) is 52.4 Å². The molecule has 2 aliphatic heterocycles. The zero-order valence-electron chi connectivity index (χ0n) is 19.7. The van der Waals surface area contributed by atoms with E-state index in [2.05, 4.69) is 51.2 Å². The number of likely N-dealkylation sites (N-methyl/N-ethyl adjacent to an activating group) is 1. The second-order valence-corrected chi connectivity index (χ2v) is 9.85. The number of guanidine groups is 1. The van der Waals surface area contributed by atoms with Crippen molar-refractivity contribution in [3.63, 3.8) is 0 Å². The van der Waals surface area contributed by atoms with E-state index in [0.29, 0.717) is 23.9 Å². The highest BCUT2D eigenvalue weighted by Crippen LogP contribution is 2.26. The molecule has 2 N–H and O–H groups in total. The molecule has 0 aromatic carbocycles. The summed E-state index contributed by atoms with van der Waals surface area (Å²) >= 11 is 0. The van der Waals surface area contributed by atoms with Gasteiger partial charge in [-0.3, -0.25) is 14.7 Å². The number of carbonyl (C=O) groups is 1. The fraction of sp³-hybridized carbons (Fsp3) is 0.913. The second-order valence-electron chi connectivity index (χ2n) is 9.85. The number of nitrogens with one attached hydrogen (secondary N) is 2. The van der Waals surface area contributed by atoms with Crippen molar-refractivity contribution in [1.29, 1.82) is 0 Å². The first-order chi connectivity index (χ1) is 14.5. The van der Waals surface area contributed by atoms with Crippen LogP contribution in [-0.2, 0) is 4.79 Å². The zero-order valence-corrected chi connectivity index (χ0v) is 19.7. The summed E-state index contributed by atoms with van der Waals surface area (Å²) in [6.07, 6.45) is 6.89. The molecule has 30 heavy (non-hydrogen) atoms. The molecule has 3 rings (SSSR count). The summed E-state index contributed by atoms with van der Waals surface area (Å²) in [5, 5.41) is 7.15. The fourth-order valence-electron chi connectivity index (χ4n) is 5.22. The van der Waals surface area contributed by atoms with E-state index < -0.39 is 0 Å². The van der Waals surface area contributed by atoms with Gasteiger partial charge in [0.15, 0.2) is 5.96 Å². The van der Waals surface area contributed by atoms with Gasteiger partial charge in [0.05, 0.1) is 0 Å². The minimum atomic E-state index is 0.269. The van der Waals surface area contributed by atoms with Gasteiger partial charge in [-0.25, -0.2) is 0 Å². The largest absolute Gasteiger partial charge is 0.355 e. The average molecular weight is 421 g/mol. The molecule has 2 heterocycles. The van der Waals surface area contributed by atoms with E-state index in [1.807, 2.05) is 7.05 Å². The van der Waals surface area contributed by atoms with Crippen LogP contribution in [0, 0.1) is 11.8 Å². The van der Waals surface area contributed by atoms with E-state index in [1.165, 1.54) is 19.3 Å². The Morgan fingerprint density at radius 1 is 1.03 bits per heavy atom. The Labute approximate surface area is 183 Å². The predicted octanol–water partition coefficient (Wildman–Crippen LogP) is 1.60. The topological polar surface area (TPSA) is 63.2 Å². The lowest BCUT2D eigenvalue weighted by molar-refractivity contribution is -0.135. The summed E-state index contributed by atoms with van der Waals surface area (Å²) in [7, 11) is 4.05.